The number of likely N-dealkylation sites (tertiary alicyclic amines) is 1. The molecule has 0 aromatic carbocycles. The van der Waals surface area contributed by atoms with Crippen molar-refractivity contribution >= 4 is 11.8 Å². The molecule has 0 radical (unpaired) electrons. The zero-order chi connectivity index (χ0) is 15.5. The van der Waals surface area contributed by atoms with Crippen LogP contribution in [0.3, 0.4) is 0 Å². The van der Waals surface area contributed by atoms with Crippen molar-refractivity contribution in [2.75, 3.05) is 19.6 Å². The summed E-state index contributed by atoms with van der Waals surface area (Å²) in [7, 11) is 0. The largest absolute Gasteiger partial charge is 0.355 e. The van der Waals surface area contributed by atoms with Crippen molar-refractivity contribution in [1.82, 2.24) is 10.2 Å². The zero-order valence-electron chi connectivity index (χ0n) is 13.4. The Kier molecular flexibility index (Phi) is 5.01. The Morgan fingerprint density at radius 2 is 1.73 bits per heavy atom. The highest BCUT2D eigenvalue weighted by atomic mass is 16.2. The van der Waals surface area contributed by atoms with Gasteiger partial charge in [0, 0.05) is 32.1 Å². The average Bonchev–Trinajstić information content (AvgIpc) is 2.97. The van der Waals surface area contributed by atoms with Crippen LogP contribution in [-0.2, 0) is 9.59 Å². The molecule has 3 fully saturated rings. The molecule has 0 spiro atoms. The smallest absolute Gasteiger partial charge is 0.224 e. The van der Waals surface area contributed by atoms with Gasteiger partial charge in [0.25, 0.3) is 0 Å². The number of nitrogens with one attached hydrogen (secondary N) is 1. The summed E-state index contributed by atoms with van der Waals surface area (Å²) in [6, 6.07) is 0.0278. The average molecular weight is 307 g/mol. The SMILES string of the molecule is NC1C2CCC(C2)C1C(=O)NCCC(=O)N1CCCCCC1. The Balaban J connectivity index is 1.41. The summed E-state index contributed by atoms with van der Waals surface area (Å²) in [4.78, 5) is 26.5. The standard InChI is InChI=1S/C17H29N3O2/c18-16-13-6-5-12(11-13)15(16)17(22)19-8-7-14(21)20-9-3-1-2-4-10-20/h12-13,15-16H,1-11,18H2,(H,19,22). The minimum atomic E-state index is -0.0213. The highest BCUT2D eigenvalue weighted by Crippen LogP contribution is 2.47. The molecule has 1 heterocycles. The third kappa shape index (κ3) is 3.29. The third-order valence-electron chi connectivity index (χ3n) is 5.88. The number of carbonyl (C=O) groups excluding carboxylic acids is 2. The van der Waals surface area contributed by atoms with Gasteiger partial charge in [-0.15, -0.1) is 0 Å². The van der Waals surface area contributed by atoms with Crippen molar-refractivity contribution < 1.29 is 9.59 Å². The molecule has 1 aliphatic heterocycles. The quantitative estimate of drug-likeness (QED) is 0.821. The van der Waals surface area contributed by atoms with Crippen molar-refractivity contribution in [2.45, 2.75) is 57.4 Å². The minimum Gasteiger partial charge on any atom is -0.355 e. The van der Waals surface area contributed by atoms with E-state index in [1.54, 1.807) is 0 Å². The maximum Gasteiger partial charge on any atom is 0.224 e. The van der Waals surface area contributed by atoms with E-state index in [0.29, 0.717) is 24.8 Å². The Hall–Kier alpha value is -1.10. The number of fused-ring (bicyclic) bond motifs is 2. The van der Waals surface area contributed by atoms with Gasteiger partial charge in [0.05, 0.1) is 5.92 Å². The first-order valence-corrected chi connectivity index (χ1v) is 8.98. The summed E-state index contributed by atoms with van der Waals surface area (Å²) in [6.07, 6.45) is 8.53. The number of nitrogens with zero attached hydrogens (tertiary/aromatic N) is 1. The van der Waals surface area contributed by atoms with Crippen LogP contribution >= 0.6 is 0 Å². The van der Waals surface area contributed by atoms with Crippen molar-refractivity contribution in [3.05, 3.63) is 0 Å². The van der Waals surface area contributed by atoms with Crippen molar-refractivity contribution in [3.63, 3.8) is 0 Å². The maximum atomic E-state index is 12.3. The predicted octanol–water partition coefficient (Wildman–Crippen LogP) is 1.27. The number of amides is 2. The third-order valence-corrected chi connectivity index (χ3v) is 5.88. The molecule has 5 nitrogen and oxygen atoms in total. The fourth-order valence-electron chi connectivity index (χ4n) is 4.61. The van der Waals surface area contributed by atoms with Crippen molar-refractivity contribution in [1.29, 1.82) is 0 Å². The first kappa shape index (κ1) is 15.8. The van der Waals surface area contributed by atoms with Crippen LogP contribution in [0.25, 0.3) is 0 Å². The van der Waals surface area contributed by atoms with Gasteiger partial charge in [0.15, 0.2) is 0 Å². The molecule has 3 N–H and O–H groups in total. The van der Waals surface area contributed by atoms with Crippen LogP contribution in [0.1, 0.15) is 51.4 Å². The molecule has 4 atom stereocenters. The van der Waals surface area contributed by atoms with Gasteiger partial charge in [-0.1, -0.05) is 12.8 Å². The highest BCUT2D eigenvalue weighted by molar-refractivity contribution is 5.81. The Morgan fingerprint density at radius 3 is 2.36 bits per heavy atom. The van der Waals surface area contributed by atoms with E-state index in [9.17, 15) is 9.59 Å². The first-order chi connectivity index (χ1) is 10.7. The summed E-state index contributed by atoms with van der Waals surface area (Å²) in [5.41, 5.74) is 6.19. The molecule has 2 amide bonds. The van der Waals surface area contributed by atoms with E-state index in [4.69, 9.17) is 5.73 Å². The molecule has 2 saturated carbocycles. The van der Waals surface area contributed by atoms with Gasteiger partial charge in [-0.05, 0) is 43.9 Å². The molecule has 4 unspecified atom stereocenters. The lowest BCUT2D eigenvalue weighted by Gasteiger charge is -2.27. The molecule has 0 aromatic heterocycles. The molecular weight excluding hydrogens is 278 g/mol. The summed E-state index contributed by atoms with van der Waals surface area (Å²) in [6.45, 7) is 2.21. The summed E-state index contributed by atoms with van der Waals surface area (Å²) in [5, 5.41) is 2.96. The van der Waals surface area contributed by atoms with Gasteiger partial charge < -0.3 is 16.0 Å². The van der Waals surface area contributed by atoms with E-state index in [1.807, 2.05) is 4.90 Å². The number of carbonyl (C=O) groups is 2. The molecule has 3 aliphatic rings. The van der Waals surface area contributed by atoms with Crippen LogP contribution < -0.4 is 11.1 Å². The van der Waals surface area contributed by atoms with Gasteiger partial charge in [-0.3, -0.25) is 9.59 Å². The van der Waals surface area contributed by atoms with Crippen molar-refractivity contribution in [2.24, 2.45) is 23.5 Å². The fraction of sp³-hybridized carbons (Fsp3) is 0.882. The zero-order valence-corrected chi connectivity index (χ0v) is 13.4. The van der Waals surface area contributed by atoms with Gasteiger partial charge in [-0.25, -0.2) is 0 Å². The Morgan fingerprint density at radius 1 is 1.05 bits per heavy atom. The maximum absolute atomic E-state index is 12.3. The molecule has 5 heteroatoms. The van der Waals surface area contributed by atoms with Crippen LogP contribution in [0.5, 0.6) is 0 Å². The van der Waals surface area contributed by atoms with Crippen LogP contribution in [0.4, 0.5) is 0 Å². The first-order valence-electron chi connectivity index (χ1n) is 8.98. The lowest BCUT2D eigenvalue weighted by Crippen LogP contribution is -2.46. The second-order valence-corrected chi connectivity index (χ2v) is 7.27. The van der Waals surface area contributed by atoms with E-state index >= 15 is 0 Å². The number of nitrogens with two attached hydrogens (primary N) is 1. The van der Waals surface area contributed by atoms with Crippen LogP contribution in [0.15, 0.2) is 0 Å². The number of rotatable bonds is 4. The molecule has 2 bridgehead atoms. The topological polar surface area (TPSA) is 75.4 Å². The molecule has 22 heavy (non-hydrogen) atoms. The van der Waals surface area contributed by atoms with Gasteiger partial charge in [0.2, 0.25) is 11.8 Å². The summed E-state index contributed by atoms with van der Waals surface area (Å²) < 4.78 is 0. The molecule has 124 valence electrons. The normalized spacial score (nSPS) is 34.5. The van der Waals surface area contributed by atoms with Crippen LogP contribution in [0, 0.1) is 17.8 Å². The van der Waals surface area contributed by atoms with Gasteiger partial charge in [-0.2, -0.15) is 0 Å². The molecule has 0 aromatic rings. The van der Waals surface area contributed by atoms with Gasteiger partial charge in [0.1, 0.15) is 0 Å². The molecule has 2 aliphatic carbocycles. The minimum absolute atomic E-state index is 0.0213. The molecular formula is C17H29N3O2. The Labute approximate surface area is 133 Å². The van der Waals surface area contributed by atoms with E-state index < -0.39 is 0 Å². The fourth-order valence-corrected chi connectivity index (χ4v) is 4.61. The van der Waals surface area contributed by atoms with E-state index in [-0.39, 0.29) is 23.8 Å². The monoisotopic (exact) mass is 307 g/mol. The summed E-state index contributed by atoms with van der Waals surface area (Å²) in [5.74, 6) is 1.25. The highest BCUT2D eigenvalue weighted by Gasteiger charge is 2.48. The van der Waals surface area contributed by atoms with Crippen LogP contribution in [-0.4, -0.2) is 42.4 Å². The lowest BCUT2D eigenvalue weighted by atomic mass is 9.84. The second kappa shape index (κ2) is 6.99. The van der Waals surface area contributed by atoms with E-state index in [2.05, 4.69) is 5.32 Å². The molecule has 3 rings (SSSR count). The van der Waals surface area contributed by atoms with Crippen LogP contribution in [0.2, 0.25) is 0 Å². The molecule has 1 saturated heterocycles. The van der Waals surface area contributed by atoms with Crippen molar-refractivity contribution in [3.8, 4) is 0 Å². The number of hydrogen-bond acceptors (Lipinski definition) is 3. The number of hydrogen-bond donors (Lipinski definition) is 2. The van der Waals surface area contributed by atoms with E-state index in [0.717, 1.165) is 38.8 Å². The summed E-state index contributed by atoms with van der Waals surface area (Å²) >= 11 is 0. The van der Waals surface area contributed by atoms with Gasteiger partial charge >= 0.3 is 0 Å². The second-order valence-electron chi connectivity index (χ2n) is 7.27. The lowest BCUT2D eigenvalue weighted by molar-refractivity contribution is -0.131. The van der Waals surface area contributed by atoms with E-state index in [1.165, 1.54) is 19.3 Å². The Bertz CT molecular complexity index is 416. The predicted molar refractivity (Wildman–Crippen MR) is 85.0 cm³/mol.